The summed E-state index contributed by atoms with van der Waals surface area (Å²) in [6, 6.07) is 0. The summed E-state index contributed by atoms with van der Waals surface area (Å²) in [4.78, 5) is 20.9. The number of hydrogen-bond acceptors (Lipinski definition) is 6. The van der Waals surface area contributed by atoms with Crippen LogP contribution in [0.1, 0.15) is 50.2 Å². The van der Waals surface area contributed by atoms with Crippen molar-refractivity contribution < 1.29 is 9.63 Å². The highest BCUT2D eigenvalue weighted by Gasteiger charge is 2.23. The van der Waals surface area contributed by atoms with Gasteiger partial charge < -0.3 is 10.2 Å². The summed E-state index contributed by atoms with van der Waals surface area (Å²) < 4.78 is 0. The van der Waals surface area contributed by atoms with Crippen molar-refractivity contribution in [1.29, 1.82) is 0 Å². The fourth-order valence-corrected chi connectivity index (χ4v) is 2.82. The minimum Gasteiger partial charge on any atom is -0.318 e. The Labute approximate surface area is 123 Å². The van der Waals surface area contributed by atoms with E-state index in [0.29, 0.717) is 5.92 Å². The van der Waals surface area contributed by atoms with Crippen LogP contribution in [0.2, 0.25) is 0 Å². The first-order valence-corrected chi connectivity index (χ1v) is 7.76. The van der Waals surface area contributed by atoms with Crippen LogP contribution in [-0.4, -0.2) is 30.3 Å². The van der Waals surface area contributed by atoms with Gasteiger partial charge >= 0.3 is 5.97 Å². The lowest BCUT2D eigenvalue weighted by Gasteiger charge is -2.20. The number of rotatable bonds is 3. The number of piperidine rings is 1. The van der Waals surface area contributed by atoms with E-state index >= 15 is 0 Å². The molecule has 1 N–H and O–H groups in total. The second-order valence-corrected chi connectivity index (χ2v) is 6.89. The molecule has 0 amide bonds. The lowest BCUT2D eigenvalue weighted by Crippen LogP contribution is -2.26. The first-order chi connectivity index (χ1) is 9.47. The van der Waals surface area contributed by atoms with Crippen LogP contribution in [0.25, 0.3) is 0 Å². The first kappa shape index (κ1) is 15.1. The molecule has 1 aliphatic heterocycles. The summed E-state index contributed by atoms with van der Waals surface area (Å²) in [6.45, 7) is 7.49. The minimum atomic E-state index is -0.542. The highest BCUT2D eigenvalue weighted by molar-refractivity contribution is 7.09. The normalized spacial score (nSPS) is 17.6. The molecule has 1 aromatic heterocycles. The molecule has 0 spiro atoms. The van der Waals surface area contributed by atoms with Gasteiger partial charge in [0, 0.05) is 11.3 Å². The summed E-state index contributed by atoms with van der Waals surface area (Å²) in [5, 5.41) is 10.2. The van der Waals surface area contributed by atoms with E-state index in [1.807, 2.05) is 5.38 Å². The lowest BCUT2D eigenvalue weighted by atomic mass is 9.98. The van der Waals surface area contributed by atoms with Crippen molar-refractivity contribution in [2.45, 2.75) is 39.5 Å². The van der Waals surface area contributed by atoms with Gasteiger partial charge in [-0.15, -0.1) is 11.3 Å². The Morgan fingerprint density at radius 3 is 2.85 bits per heavy atom. The van der Waals surface area contributed by atoms with Crippen molar-refractivity contribution in [2.75, 3.05) is 13.1 Å². The molecule has 0 aromatic carbocycles. The topological polar surface area (TPSA) is 63.6 Å². The fraction of sp³-hybridized carbons (Fsp3) is 0.643. The molecule has 1 fully saturated rings. The van der Waals surface area contributed by atoms with E-state index < -0.39 is 5.41 Å². The van der Waals surface area contributed by atoms with E-state index in [4.69, 9.17) is 4.84 Å². The molecule has 0 unspecified atom stereocenters. The van der Waals surface area contributed by atoms with E-state index in [1.54, 1.807) is 32.1 Å². The van der Waals surface area contributed by atoms with Crippen molar-refractivity contribution in [3.63, 3.8) is 0 Å². The van der Waals surface area contributed by atoms with E-state index in [-0.39, 0.29) is 5.97 Å². The van der Waals surface area contributed by atoms with Gasteiger partial charge in [0.25, 0.3) is 0 Å². The summed E-state index contributed by atoms with van der Waals surface area (Å²) >= 11 is 1.65. The highest BCUT2D eigenvalue weighted by atomic mass is 32.1. The van der Waals surface area contributed by atoms with Crippen LogP contribution in [0.4, 0.5) is 0 Å². The van der Waals surface area contributed by atoms with Crippen molar-refractivity contribution in [3.05, 3.63) is 16.1 Å². The summed E-state index contributed by atoms with van der Waals surface area (Å²) in [5.41, 5.74) is 0.213. The standard InChI is InChI=1S/C14H21N3O2S/c1-14(2,3)13(18)19-16-8-11-9-20-12(17-11)10-4-6-15-7-5-10/h8-10,15H,4-7H2,1-3H3. The van der Waals surface area contributed by atoms with Gasteiger partial charge in [-0.05, 0) is 46.7 Å². The van der Waals surface area contributed by atoms with Crippen LogP contribution in [0.15, 0.2) is 10.5 Å². The molecule has 110 valence electrons. The number of oxime groups is 1. The van der Waals surface area contributed by atoms with Crippen molar-refractivity contribution in [2.24, 2.45) is 10.6 Å². The molecule has 0 saturated carbocycles. The number of thiazole rings is 1. The predicted octanol–water partition coefficient (Wildman–Crippen LogP) is 2.53. The molecule has 0 aliphatic carbocycles. The van der Waals surface area contributed by atoms with Crippen LogP contribution in [0.3, 0.4) is 0 Å². The molecule has 1 saturated heterocycles. The van der Waals surface area contributed by atoms with Gasteiger partial charge in [0.2, 0.25) is 0 Å². The van der Waals surface area contributed by atoms with Gasteiger partial charge in [-0.3, -0.25) is 0 Å². The Morgan fingerprint density at radius 1 is 1.50 bits per heavy atom. The van der Waals surface area contributed by atoms with Gasteiger partial charge in [-0.1, -0.05) is 5.16 Å². The lowest BCUT2D eigenvalue weighted by molar-refractivity contribution is -0.152. The maximum atomic E-state index is 11.5. The third kappa shape index (κ3) is 4.11. The van der Waals surface area contributed by atoms with Crippen LogP contribution >= 0.6 is 11.3 Å². The van der Waals surface area contributed by atoms with Crippen LogP contribution in [-0.2, 0) is 9.63 Å². The Bertz CT molecular complexity index is 485. The smallest absolute Gasteiger partial charge is 0.318 e. The largest absolute Gasteiger partial charge is 0.340 e. The Morgan fingerprint density at radius 2 is 2.20 bits per heavy atom. The van der Waals surface area contributed by atoms with Gasteiger partial charge in [0.05, 0.1) is 22.3 Å². The third-order valence-corrected chi connectivity index (χ3v) is 4.19. The molecule has 0 radical (unpaired) electrons. The van der Waals surface area contributed by atoms with Crippen LogP contribution in [0, 0.1) is 5.41 Å². The molecule has 5 nitrogen and oxygen atoms in total. The number of carbonyl (C=O) groups excluding carboxylic acids is 1. The zero-order valence-corrected chi connectivity index (χ0v) is 13.0. The summed E-state index contributed by atoms with van der Waals surface area (Å²) in [5.74, 6) is 0.197. The Hall–Kier alpha value is -1.27. The zero-order valence-electron chi connectivity index (χ0n) is 12.2. The third-order valence-electron chi connectivity index (χ3n) is 3.16. The quantitative estimate of drug-likeness (QED) is 0.529. The number of hydrogen-bond donors (Lipinski definition) is 1. The average Bonchev–Trinajstić information content (AvgIpc) is 2.87. The van der Waals surface area contributed by atoms with Crippen molar-refractivity contribution in [1.82, 2.24) is 10.3 Å². The van der Waals surface area contributed by atoms with Gasteiger partial charge in [-0.2, -0.15) is 0 Å². The van der Waals surface area contributed by atoms with Gasteiger partial charge in [0.15, 0.2) is 0 Å². The summed E-state index contributed by atoms with van der Waals surface area (Å²) in [7, 11) is 0. The molecule has 2 rings (SSSR count). The second-order valence-electron chi connectivity index (χ2n) is 6.00. The van der Waals surface area contributed by atoms with Crippen molar-refractivity contribution >= 4 is 23.5 Å². The molecule has 0 atom stereocenters. The molecule has 20 heavy (non-hydrogen) atoms. The fourth-order valence-electron chi connectivity index (χ4n) is 1.88. The number of nitrogens with one attached hydrogen (secondary N) is 1. The minimum absolute atomic E-state index is 0.345. The zero-order chi connectivity index (χ0) is 14.6. The highest BCUT2D eigenvalue weighted by Crippen LogP contribution is 2.27. The van der Waals surface area contributed by atoms with E-state index in [9.17, 15) is 4.79 Å². The molecular weight excluding hydrogens is 274 g/mol. The molecule has 2 heterocycles. The monoisotopic (exact) mass is 295 g/mol. The molecular formula is C14H21N3O2S. The van der Waals surface area contributed by atoms with E-state index in [2.05, 4.69) is 15.5 Å². The number of aromatic nitrogens is 1. The number of carbonyl (C=O) groups is 1. The van der Waals surface area contributed by atoms with Crippen LogP contribution < -0.4 is 5.32 Å². The Balaban J connectivity index is 1.90. The average molecular weight is 295 g/mol. The van der Waals surface area contributed by atoms with Crippen LogP contribution in [0.5, 0.6) is 0 Å². The van der Waals surface area contributed by atoms with Crippen molar-refractivity contribution in [3.8, 4) is 0 Å². The SMILES string of the molecule is CC(C)(C)C(=O)ON=Cc1csc(C2CCNCC2)n1. The first-order valence-electron chi connectivity index (χ1n) is 6.88. The second kappa shape index (κ2) is 6.45. The predicted molar refractivity (Wildman–Crippen MR) is 80.1 cm³/mol. The molecule has 1 aromatic rings. The number of nitrogens with zero attached hydrogens (tertiary/aromatic N) is 2. The van der Waals surface area contributed by atoms with Gasteiger partial charge in [0.1, 0.15) is 0 Å². The Kier molecular flexibility index (Phi) is 4.88. The maximum absolute atomic E-state index is 11.5. The van der Waals surface area contributed by atoms with E-state index in [1.165, 1.54) is 6.21 Å². The van der Waals surface area contributed by atoms with E-state index in [0.717, 1.165) is 36.6 Å². The molecule has 6 heteroatoms. The maximum Gasteiger partial charge on any atom is 0.340 e. The molecule has 0 bridgehead atoms. The van der Waals surface area contributed by atoms with Gasteiger partial charge in [-0.25, -0.2) is 9.78 Å². The molecule has 1 aliphatic rings. The summed E-state index contributed by atoms with van der Waals surface area (Å²) in [6.07, 6.45) is 3.76.